The first-order chi connectivity index (χ1) is 7.99. The first kappa shape index (κ1) is 13.5. The molecule has 0 aliphatic carbocycles. The quantitative estimate of drug-likeness (QED) is 0.449. The van der Waals surface area contributed by atoms with Gasteiger partial charge in [-0.2, -0.15) is 0 Å². The molecule has 1 aromatic heterocycles. The van der Waals surface area contributed by atoms with Gasteiger partial charge in [0, 0.05) is 0 Å². The van der Waals surface area contributed by atoms with E-state index in [2.05, 4.69) is 0 Å². The van der Waals surface area contributed by atoms with Crippen LogP contribution >= 0.6 is 0 Å². The van der Waals surface area contributed by atoms with Crippen LogP contribution in [0.4, 0.5) is 0 Å². The number of hydrogen-bond acceptors (Lipinski definition) is 4. The van der Waals surface area contributed by atoms with Crippen molar-refractivity contribution in [2.24, 2.45) is 11.8 Å². The van der Waals surface area contributed by atoms with Gasteiger partial charge in [-0.15, -0.1) is 0 Å². The average Bonchev–Trinajstić information content (AvgIpc) is 2.64. The molecule has 0 amide bonds. The first-order valence-corrected chi connectivity index (χ1v) is 5.74. The van der Waals surface area contributed by atoms with Gasteiger partial charge in [-0.25, -0.2) is 0 Å². The van der Waals surface area contributed by atoms with Crippen molar-refractivity contribution in [2.75, 3.05) is 6.61 Å². The summed E-state index contributed by atoms with van der Waals surface area (Å²) in [5, 5.41) is 0. The fraction of sp³-hybridized carbons (Fsp3) is 0.538. The van der Waals surface area contributed by atoms with Gasteiger partial charge in [0.15, 0.2) is 5.76 Å². The van der Waals surface area contributed by atoms with Gasteiger partial charge in [-0.3, -0.25) is 9.59 Å². The van der Waals surface area contributed by atoms with Gasteiger partial charge in [0.25, 0.3) is 0 Å². The Morgan fingerprint density at radius 1 is 1.41 bits per heavy atom. The van der Waals surface area contributed by atoms with E-state index < -0.39 is 11.9 Å². The molecule has 4 heteroatoms. The molecule has 0 saturated carbocycles. The molecule has 0 radical (unpaired) electrons. The number of ether oxygens (including phenoxy) is 1. The van der Waals surface area contributed by atoms with Crippen LogP contribution in [0.1, 0.15) is 36.9 Å². The van der Waals surface area contributed by atoms with Crippen molar-refractivity contribution in [1.82, 2.24) is 0 Å². The molecule has 1 atom stereocenters. The van der Waals surface area contributed by atoms with Crippen molar-refractivity contribution >= 4 is 11.8 Å². The third-order valence-electron chi connectivity index (χ3n) is 2.58. The van der Waals surface area contributed by atoms with E-state index in [-0.39, 0.29) is 24.1 Å². The minimum Gasteiger partial charge on any atom is -0.465 e. The predicted molar refractivity (Wildman–Crippen MR) is 62.7 cm³/mol. The molecular weight excluding hydrogens is 220 g/mol. The van der Waals surface area contributed by atoms with E-state index in [0.29, 0.717) is 0 Å². The molecule has 1 aromatic rings. The van der Waals surface area contributed by atoms with E-state index >= 15 is 0 Å². The highest BCUT2D eigenvalue weighted by molar-refractivity contribution is 6.08. The molecule has 1 rings (SSSR count). The summed E-state index contributed by atoms with van der Waals surface area (Å²) in [6.45, 7) is 7.40. The van der Waals surface area contributed by atoms with Crippen molar-refractivity contribution < 1.29 is 18.7 Å². The Hall–Kier alpha value is -1.58. The molecular formula is C13H18O4. The lowest BCUT2D eigenvalue weighted by Gasteiger charge is -2.16. The Kier molecular flexibility index (Phi) is 4.49. The van der Waals surface area contributed by atoms with Crippen LogP contribution in [0.25, 0.3) is 0 Å². The van der Waals surface area contributed by atoms with Gasteiger partial charge in [-0.05, 0) is 31.4 Å². The smallest absolute Gasteiger partial charge is 0.317 e. The number of ketones is 1. The number of carbonyl (C=O) groups is 2. The molecule has 0 aliphatic rings. The molecule has 94 valence electrons. The van der Waals surface area contributed by atoms with Crippen molar-refractivity contribution in [2.45, 2.75) is 27.7 Å². The predicted octanol–water partition coefficient (Wildman–Crippen LogP) is 2.61. The van der Waals surface area contributed by atoms with Crippen LogP contribution in [0, 0.1) is 18.8 Å². The highest BCUT2D eigenvalue weighted by atomic mass is 16.5. The zero-order chi connectivity index (χ0) is 13.0. The summed E-state index contributed by atoms with van der Waals surface area (Å²) >= 11 is 0. The van der Waals surface area contributed by atoms with E-state index in [1.165, 1.54) is 6.26 Å². The van der Waals surface area contributed by atoms with Crippen LogP contribution in [0.2, 0.25) is 0 Å². The van der Waals surface area contributed by atoms with Crippen LogP contribution in [0.15, 0.2) is 16.7 Å². The highest BCUT2D eigenvalue weighted by Gasteiger charge is 2.34. The minimum atomic E-state index is -0.792. The average molecular weight is 238 g/mol. The normalized spacial score (nSPS) is 12.5. The lowest BCUT2D eigenvalue weighted by Crippen LogP contribution is -2.30. The zero-order valence-corrected chi connectivity index (χ0v) is 10.6. The van der Waals surface area contributed by atoms with Gasteiger partial charge in [0.05, 0.1) is 12.9 Å². The third-order valence-corrected chi connectivity index (χ3v) is 2.58. The Morgan fingerprint density at radius 2 is 2.06 bits per heavy atom. The van der Waals surface area contributed by atoms with Crippen LogP contribution in [-0.4, -0.2) is 18.4 Å². The third kappa shape index (κ3) is 2.96. The first-order valence-electron chi connectivity index (χ1n) is 5.74. The summed E-state index contributed by atoms with van der Waals surface area (Å²) in [5.41, 5.74) is 0.741. The van der Waals surface area contributed by atoms with E-state index in [1.807, 2.05) is 13.8 Å². The fourth-order valence-electron chi connectivity index (χ4n) is 1.68. The number of esters is 1. The molecule has 1 unspecified atom stereocenters. The molecule has 0 bridgehead atoms. The number of aryl methyl sites for hydroxylation is 1. The summed E-state index contributed by atoms with van der Waals surface area (Å²) in [7, 11) is 0. The second-order valence-electron chi connectivity index (χ2n) is 4.27. The lowest BCUT2D eigenvalue weighted by molar-refractivity contribution is -0.147. The van der Waals surface area contributed by atoms with Crippen molar-refractivity contribution in [3.63, 3.8) is 0 Å². The van der Waals surface area contributed by atoms with Crippen molar-refractivity contribution in [1.29, 1.82) is 0 Å². The van der Waals surface area contributed by atoms with E-state index in [9.17, 15) is 9.59 Å². The van der Waals surface area contributed by atoms with Gasteiger partial charge >= 0.3 is 5.97 Å². The molecule has 0 fully saturated rings. The fourth-order valence-corrected chi connectivity index (χ4v) is 1.68. The Morgan fingerprint density at radius 3 is 2.47 bits per heavy atom. The molecule has 0 N–H and O–H groups in total. The van der Waals surface area contributed by atoms with E-state index in [1.54, 1.807) is 19.9 Å². The SMILES string of the molecule is CCOC(=O)C(C(=O)c1occc1C)C(C)C. The van der Waals surface area contributed by atoms with Gasteiger partial charge in [0.2, 0.25) is 5.78 Å². The number of hydrogen-bond donors (Lipinski definition) is 0. The van der Waals surface area contributed by atoms with Crippen LogP contribution in [0.5, 0.6) is 0 Å². The van der Waals surface area contributed by atoms with Crippen molar-refractivity contribution in [3.05, 3.63) is 23.7 Å². The number of furan rings is 1. The number of carbonyl (C=O) groups excluding carboxylic acids is 2. The summed E-state index contributed by atoms with van der Waals surface area (Å²) in [4.78, 5) is 23.9. The largest absolute Gasteiger partial charge is 0.465 e. The zero-order valence-electron chi connectivity index (χ0n) is 10.6. The number of rotatable bonds is 5. The molecule has 0 aliphatic heterocycles. The maximum atomic E-state index is 12.2. The Labute approximate surface area is 101 Å². The molecule has 0 saturated heterocycles. The molecule has 0 spiro atoms. The standard InChI is InChI=1S/C13H18O4/c1-5-16-13(15)10(8(2)3)11(14)12-9(4)6-7-17-12/h6-8,10H,5H2,1-4H3. The van der Waals surface area contributed by atoms with Gasteiger partial charge in [0.1, 0.15) is 5.92 Å². The summed E-state index contributed by atoms with van der Waals surface area (Å²) < 4.78 is 10.1. The van der Waals surface area contributed by atoms with Crippen LogP contribution in [0.3, 0.4) is 0 Å². The van der Waals surface area contributed by atoms with Gasteiger partial charge < -0.3 is 9.15 Å². The molecule has 4 nitrogen and oxygen atoms in total. The second kappa shape index (κ2) is 5.66. The van der Waals surface area contributed by atoms with Gasteiger partial charge in [-0.1, -0.05) is 13.8 Å². The van der Waals surface area contributed by atoms with E-state index in [4.69, 9.17) is 9.15 Å². The van der Waals surface area contributed by atoms with E-state index in [0.717, 1.165) is 5.56 Å². The Bertz CT molecular complexity index is 403. The Balaban J connectivity index is 2.96. The van der Waals surface area contributed by atoms with Crippen molar-refractivity contribution in [3.8, 4) is 0 Å². The van der Waals surface area contributed by atoms with Crippen LogP contribution < -0.4 is 0 Å². The topological polar surface area (TPSA) is 56.5 Å². The number of Topliss-reactive ketones (excluding diaryl/α,β-unsaturated/α-hetero) is 1. The summed E-state index contributed by atoms with van der Waals surface area (Å²) in [6, 6.07) is 1.70. The summed E-state index contributed by atoms with van der Waals surface area (Å²) in [6.07, 6.45) is 1.45. The maximum Gasteiger partial charge on any atom is 0.317 e. The molecule has 17 heavy (non-hydrogen) atoms. The second-order valence-corrected chi connectivity index (χ2v) is 4.27. The minimum absolute atomic E-state index is 0.119. The molecule has 0 aromatic carbocycles. The lowest BCUT2D eigenvalue weighted by atomic mass is 9.89. The van der Waals surface area contributed by atoms with Crippen LogP contribution in [-0.2, 0) is 9.53 Å². The monoisotopic (exact) mass is 238 g/mol. The summed E-state index contributed by atoms with van der Waals surface area (Å²) in [5.74, 6) is -1.45. The molecule has 1 heterocycles. The highest BCUT2D eigenvalue weighted by Crippen LogP contribution is 2.21. The maximum absolute atomic E-state index is 12.2.